The van der Waals surface area contributed by atoms with Crippen molar-refractivity contribution in [1.82, 2.24) is 0 Å². The van der Waals surface area contributed by atoms with Gasteiger partial charge in [0.1, 0.15) is 0 Å². The summed E-state index contributed by atoms with van der Waals surface area (Å²) < 4.78 is 0. The Bertz CT molecular complexity index is 84.7. The first-order valence-electron chi connectivity index (χ1n) is 4.60. The Morgan fingerprint density at radius 3 is 2.40 bits per heavy atom. The van der Waals surface area contributed by atoms with E-state index in [9.17, 15) is 0 Å². The minimum Gasteiger partial charge on any atom is -0.327 e. The summed E-state index contributed by atoms with van der Waals surface area (Å²) in [7, 11) is 0. The first kappa shape index (κ1) is 8.06. The molecule has 0 aliphatic heterocycles. The summed E-state index contributed by atoms with van der Waals surface area (Å²) in [5.74, 6) is 0.846. The number of hydrogen-bond donors (Lipinski definition) is 1. The molecule has 0 saturated heterocycles. The summed E-state index contributed by atoms with van der Waals surface area (Å²) in [4.78, 5) is 0. The second kappa shape index (κ2) is 3.97. The van der Waals surface area contributed by atoms with Gasteiger partial charge in [0.05, 0.1) is 0 Å². The highest BCUT2D eigenvalue weighted by atomic mass is 14.6. The van der Waals surface area contributed by atoms with E-state index in [0.29, 0.717) is 6.04 Å². The molecule has 1 nitrogen and oxygen atoms in total. The van der Waals surface area contributed by atoms with Crippen molar-refractivity contribution in [1.29, 1.82) is 0 Å². The zero-order valence-electron chi connectivity index (χ0n) is 6.97. The van der Waals surface area contributed by atoms with Crippen molar-refractivity contribution in [3.8, 4) is 0 Å². The lowest BCUT2D eigenvalue weighted by molar-refractivity contribution is 0.300. The predicted molar refractivity (Wildman–Crippen MR) is 44.8 cm³/mol. The zero-order chi connectivity index (χ0) is 7.40. The van der Waals surface area contributed by atoms with Gasteiger partial charge >= 0.3 is 0 Å². The van der Waals surface area contributed by atoms with E-state index in [1.165, 1.54) is 32.1 Å². The summed E-state index contributed by atoms with van der Waals surface area (Å²) in [6.45, 7) is 2.19. The van der Waals surface area contributed by atoms with Gasteiger partial charge in [-0.3, -0.25) is 0 Å². The average Bonchev–Trinajstić information content (AvgIpc) is 2.05. The van der Waals surface area contributed by atoms with Gasteiger partial charge in [0.2, 0.25) is 0 Å². The molecule has 10 heavy (non-hydrogen) atoms. The Hall–Kier alpha value is -0.0400. The van der Waals surface area contributed by atoms with E-state index >= 15 is 0 Å². The molecule has 0 aromatic carbocycles. The molecular formula is C9H19N. The van der Waals surface area contributed by atoms with Gasteiger partial charge in [-0.1, -0.05) is 26.2 Å². The van der Waals surface area contributed by atoms with Crippen LogP contribution in [0.2, 0.25) is 0 Å². The lowest BCUT2D eigenvalue weighted by Crippen LogP contribution is -2.30. The van der Waals surface area contributed by atoms with E-state index in [-0.39, 0.29) is 0 Å². The molecule has 0 spiro atoms. The Balaban J connectivity index is 2.24. The molecule has 0 amide bonds. The van der Waals surface area contributed by atoms with E-state index < -0.39 is 0 Å². The molecule has 1 heteroatoms. The molecular weight excluding hydrogens is 122 g/mol. The first-order chi connectivity index (χ1) is 4.84. The molecule has 0 aromatic rings. The third kappa shape index (κ3) is 1.98. The fourth-order valence-corrected chi connectivity index (χ4v) is 1.90. The summed E-state index contributed by atoms with van der Waals surface area (Å²) >= 11 is 0. The van der Waals surface area contributed by atoms with Crippen molar-refractivity contribution < 1.29 is 0 Å². The van der Waals surface area contributed by atoms with E-state index in [1.807, 2.05) is 0 Å². The van der Waals surface area contributed by atoms with Gasteiger partial charge in [0.25, 0.3) is 0 Å². The third-order valence-corrected chi connectivity index (χ3v) is 2.73. The van der Waals surface area contributed by atoms with Crippen LogP contribution in [-0.4, -0.2) is 6.04 Å². The summed E-state index contributed by atoms with van der Waals surface area (Å²) in [5, 5.41) is 0. The fourth-order valence-electron chi connectivity index (χ4n) is 1.90. The molecule has 1 saturated carbocycles. The average molecular weight is 141 g/mol. The minimum atomic E-state index is 0.486. The van der Waals surface area contributed by atoms with E-state index in [1.54, 1.807) is 0 Å². The highest BCUT2D eigenvalue weighted by Gasteiger charge is 2.18. The zero-order valence-corrected chi connectivity index (χ0v) is 6.97. The summed E-state index contributed by atoms with van der Waals surface area (Å²) in [6, 6.07) is 0.486. The van der Waals surface area contributed by atoms with Gasteiger partial charge in [-0.25, -0.2) is 0 Å². The Morgan fingerprint density at radius 2 is 1.90 bits per heavy atom. The van der Waals surface area contributed by atoms with Crippen LogP contribution in [0.4, 0.5) is 0 Å². The molecule has 0 heterocycles. The van der Waals surface area contributed by atoms with E-state index in [2.05, 4.69) is 6.92 Å². The summed E-state index contributed by atoms with van der Waals surface area (Å²) in [5.41, 5.74) is 5.95. The van der Waals surface area contributed by atoms with Crippen molar-refractivity contribution in [2.75, 3.05) is 0 Å². The molecule has 0 radical (unpaired) electrons. The van der Waals surface area contributed by atoms with Crippen molar-refractivity contribution in [3.63, 3.8) is 0 Å². The minimum absolute atomic E-state index is 0.486. The highest BCUT2D eigenvalue weighted by Crippen LogP contribution is 2.26. The maximum atomic E-state index is 5.95. The van der Waals surface area contributed by atoms with Gasteiger partial charge in [0.15, 0.2) is 0 Å². The monoisotopic (exact) mass is 141 g/mol. The van der Waals surface area contributed by atoms with E-state index in [4.69, 9.17) is 5.73 Å². The van der Waals surface area contributed by atoms with Crippen molar-refractivity contribution in [2.45, 2.75) is 51.5 Å². The van der Waals surface area contributed by atoms with Gasteiger partial charge in [0, 0.05) is 6.04 Å². The number of hydrogen-bond acceptors (Lipinski definition) is 1. The largest absolute Gasteiger partial charge is 0.327 e. The maximum Gasteiger partial charge on any atom is 0.00645 e. The van der Waals surface area contributed by atoms with Crippen LogP contribution in [0.25, 0.3) is 0 Å². The Morgan fingerprint density at radius 1 is 1.30 bits per heavy atom. The van der Waals surface area contributed by atoms with Crippen LogP contribution in [0.15, 0.2) is 0 Å². The molecule has 1 aliphatic carbocycles. The van der Waals surface area contributed by atoms with Gasteiger partial charge in [-0.05, 0) is 25.2 Å². The Labute approximate surface area is 64.0 Å². The van der Waals surface area contributed by atoms with Crippen LogP contribution in [0.1, 0.15) is 45.4 Å². The third-order valence-electron chi connectivity index (χ3n) is 2.73. The number of nitrogens with two attached hydrogens (primary N) is 1. The second-order valence-electron chi connectivity index (χ2n) is 3.47. The molecule has 0 aromatic heterocycles. The van der Waals surface area contributed by atoms with Gasteiger partial charge < -0.3 is 5.73 Å². The SMILES string of the molecule is CC[C@H](N)C1CCCCC1. The van der Waals surface area contributed by atoms with Crippen LogP contribution < -0.4 is 5.73 Å². The Kier molecular flexibility index (Phi) is 3.20. The molecule has 1 aliphatic rings. The fraction of sp³-hybridized carbons (Fsp3) is 1.00. The molecule has 60 valence electrons. The molecule has 1 rings (SSSR count). The van der Waals surface area contributed by atoms with Crippen molar-refractivity contribution in [3.05, 3.63) is 0 Å². The smallest absolute Gasteiger partial charge is 0.00645 e. The number of rotatable bonds is 2. The van der Waals surface area contributed by atoms with Crippen LogP contribution >= 0.6 is 0 Å². The van der Waals surface area contributed by atoms with Crippen LogP contribution in [-0.2, 0) is 0 Å². The topological polar surface area (TPSA) is 26.0 Å². The maximum absolute atomic E-state index is 5.95. The van der Waals surface area contributed by atoms with Gasteiger partial charge in [-0.15, -0.1) is 0 Å². The van der Waals surface area contributed by atoms with Crippen molar-refractivity contribution in [2.24, 2.45) is 11.7 Å². The lowest BCUT2D eigenvalue weighted by Gasteiger charge is -2.26. The normalized spacial score (nSPS) is 24.6. The highest BCUT2D eigenvalue weighted by molar-refractivity contribution is 4.74. The molecule has 0 bridgehead atoms. The molecule has 2 N–H and O–H groups in total. The quantitative estimate of drug-likeness (QED) is 0.627. The lowest BCUT2D eigenvalue weighted by atomic mass is 9.83. The molecule has 1 fully saturated rings. The second-order valence-corrected chi connectivity index (χ2v) is 3.47. The standard InChI is InChI=1S/C9H19N/c1-2-9(10)8-6-4-3-5-7-8/h8-9H,2-7,10H2,1H3/t9-/m0/s1. The van der Waals surface area contributed by atoms with Crippen LogP contribution in [0.5, 0.6) is 0 Å². The summed E-state index contributed by atoms with van der Waals surface area (Å²) in [6.07, 6.45) is 8.19. The molecule has 1 atom stereocenters. The predicted octanol–water partition coefficient (Wildman–Crippen LogP) is 2.30. The van der Waals surface area contributed by atoms with E-state index in [0.717, 1.165) is 12.3 Å². The molecule has 0 unspecified atom stereocenters. The van der Waals surface area contributed by atoms with Crippen molar-refractivity contribution >= 4 is 0 Å². The first-order valence-corrected chi connectivity index (χ1v) is 4.60. The van der Waals surface area contributed by atoms with Crippen LogP contribution in [0, 0.1) is 5.92 Å². The van der Waals surface area contributed by atoms with Crippen LogP contribution in [0.3, 0.4) is 0 Å². The van der Waals surface area contributed by atoms with Gasteiger partial charge in [-0.2, -0.15) is 0 Å².